The van der Waals surface area contributed by atoms with Crippen LogP contribution in [-0.4, -0.2) is 34.0 Å². The minimum atomic E-state index is -0.923. The Balaban J connectivity index is 2.89. The average molecular weight is 253 g/mol. The quantitative estimate of drug-likeness (QED) is 0.893. The minimum absolute atomic E-state index is 0.0807. The van der Waals surface area contributed by atoms with Crippen molar-refractivity contribution in [3.63, 3.8) is 0 Å². The highest BCUT2D eigenvalue weighted by molar-refractivity contribution is 5.92. The molecule has 0 aromatic carbocycles. The number of aliphatic carboxylic acids is 1. The van der Waals surface area contributed by atoms with Gasteiger partial charge in [0.2, 0.25) is 0 Å². The van der Waals surface area contributed by atoms with E-state index in [1.807, 2.05) is 20.8 Å². The molecular weight excluding hydrogens is 234 g/mol. The number of hydrogen-bond donors (Lipinski definition) is 1. The number of amides is 1. The van der Waals surface area contributed by atoms with E-state index in [0.717, 1.165) is 0 Å². The van der Waals surface area contributed by atoms with Crippen molar-refractivity contribution in [3.05, 3.63) is 23.7 Å². The molecule has 1 heterocycles. The Morgan fingerprint density at radius 1 is 1.33 bits per heavy atom. The number of carboxylic acid groups (broad SMARTS) is 1. The third kappa shape index (κ3) is 3.61. The van der Waals surface area contributed by atoms with Gasteiger partial charge in [-0.25, -0.2) is 0 Å². The lowest BCUT2D eigenvalue weighted by Crippen LogP contribution is -2.46. The van der Waals surface area contributed by atoms with Crippen molar-refractivity contribution in [2.75, 3.05) is 6.54 Å². The molecule has 1 N–H and O–H groups in total. The second-order valence-corrected chi connectivity index (χ2v) is 5.18. The van der Waals surface area contributed by atoms with Gasteiger partial charge in [0.25, 0.3) is 5.91 Å². The van der Waals surface area contributed by atoms with Crippen LogP contribution in [0, 0.1) is 6.92 Å². The summed E-state index contributed by atoms with van der Waals surface area (Å²) in [5.41, 5.74) is -0.451. The average Bonchev–Trinajstić information content (AvgIpc) is 2.62. The highest BCUT2D eigenvalue weighted by Gasteiger charge is 2.29. The molecule has 5 nitrogen and oxygen atoms in total. The predicted molar refractivity (Wildman–Crippen MR) is 66.5 cm³/mol. The summed E-state index contributed by atoms with van der Waals surface area (Å²) >= 11 is 0. The van der Waals surface area contributed by atoms with Crippen LogP contribution in [0.5, 0.6) is 0 Å². The smallest absolute Gasteiger partial charge is 0.305 e. The summed E-state index contributed by atoms with van der Waals surface area (Å²) in [6.07, 6.45) is -0.0807. The summed E-state index contributed by atoms with van der Waals surface area (Å²) in [4.78, 5) is 24.4. The topological polar surface area (TPSA) is 70.8 Å². The van der Waals surface area contributed by atoms with Crippen LogP contribution in [-0.2, 0) is 4.79 Å². The Morgan fingerprint density at radius 2 is 1.94 bits per heavy atom. The summed E-state index contributed by atoms with van der Waals surface area (Å²) in [7, 11) is 0. The lowest BCUT2D eigenvalue weighted by atomic mass is 10.0. The van der Waals surface area contributed by atoms with Crippen LogP contribution in [0.25, 0.3) is 0 Å². The molecule has 1 rings (SSSR count). The molecule has 0 fully saturated rings. The molecule has 0 saturated heterocycles. The summed E-state index contributed by atoms with van der Waals surface area (Å²) in [5.74, 6) is -0.303. The maximum atomic E-state index is 12.3. The van der Waals surface area contributed by atoms with Crippen molar-refractivity contribution in [3.8, 4) is 0 Å². The van der Waals surface area contributed by atoms with E-state index in [-0.39, 0.29) is 24.6 Å². The van der Waals surface area contributed by atoms with Gasteiger partial charge >= 0.3 is 5.97 Å². The van der Waals surface area contributed by atoms with Gasteiger partial charge in [0.15, 0.2) is 5.76 Å². The van der Waals surface area contributed by atoms with Gasteiger partial charge in [-0.1, -0.05) is 0 Å². The van der Waals surface area contributed by atoms with E-state index in [4.69, 9.17) is 9.52 Å². The minimum Gasteiger partial charge on any atom is -0.481 e. The Kier molecular flexibility index (Phi) is 4.16. The first kappa shape index (κ1) is 14.3. The first-order valence-electron chi connectivity index (χ1n) is 5.82. The standard InChI is InChI=1S/C13H19NO4/c1-9-5-6-10(18-9)12(17)14(13(2,3)4)8-7-11(15)16/h5-6H,7-8H2,1-4H3,(H,15,16). The van der Waals surface area contributed by atoms with Crippen LogP contribution in [0.3, 0.4) is 0 Å². The van der Waals surface area contributed by atoms with Crippen molar-refractivity contribution < 1.29 is 19.1 Å². The predicted octanol–water partition coefficient (Wildman–Crippen LogP) is 2.30. The molecule has 1 amide bonds. The molecule has 0 unspecified atom stereocenters. The maximum Gasteiger partial charge on any atom is 0.305 e. The van der Waals surface area contributed by atoms with Gasteiger partial charge < -0.3 is 14.4 Å². The molecule has 0 spiro atoms. The van der Waals surface area contributed by atoms with Crippen LogP contribution in [0.2, 0.25) is 0 Å². The first-order chi connectivity index (χ1) is 8.21. The molecule has 0 radical (unpaired) electrons. The van der Waals surface area contributed by atoms with Gasteiger partial charge in [-0.3, -0.25) is 9.59 Å². The van der Waals surface area contributed by atoms with E-state index in [1.165, 1.54) is 4.90 Å². The molecule has 0 atom stereocenters. The maximum absolute atomic E-state index is 12.3. The van der Waals surface area contributed by atoms with E-state index < -0.39 is 11.5 Å². The summed E-state index contributed by atoms with van der Waals surface area (Å²) in [5, 5.41) is 8.72. The first-order valence-corrected chi connectivity index (χ1v) is 5.82. The molecule has 1 aromatic heterocycles. The molecule has 1 aromatic rings. The number of aryl methyl sites for hydroxylation is 1. The number of hydrogen-bond acceptors (Lipinski definition) is 3. The zero-order valence-corrected chi connectivity index (χ0v) is 11.2. The normalized spacial score (nSPS) is 11.3. The molecule has 0 aliphatic rings. The SMILES string of the molecule is Cc1ccc(C(=O)N(CCC(=O)O)C(C)(C)C)o1. The molecule has 0 bridgehead atoms. The Labute approximate surface area is 106 Å². The molecular formula is C13H19NO4. The molecule has 5 heteroatoms. The molecule has 0 aliphatic heterocycles. The molecule has 100 valence electrons. The van der Waals surface area contributed by atoms with Gasteiger partial charge in [0.05, 0.1) is 6.42 Å². The summed E-state index contributed by atoms with van der Waals surface area (Å²) < 4.78 is 5.29. The van der Waals surface area contributed by atoms with Crippen molar-refractivity contribution in [2.45, 2.75) is 39.7 Å². The third-order valence-corrected chi connectivity index (χ3v) is 2.56. The van der Waals surface area contributed by atoms with Crippen LogP contribution in [0.4, 0.5) is 0 Å². The van der Waals surface area contributed by atoms with E-state index in [1.54, 1.807) is 19.1 Å². The van der Waals surface area contributed by atoms with Gasteiger partial charge in [0, 0.05) is 12.1 Å². The number of furan rings is 1. The fourth-order valence-electron chi connectivity index (χ4n) is 1.63. The summed E-state index contributed by atoms with van der Waals surface area (Å²) in [6, 6.07) is 3.32. The second-order valence-electron chi connectivity index (χ2n) is 5.18. The largest absolute Gasteiger partial charge is 0.481 e. The molecule has 18 heavy (non-hydrogen) atoms. The van der Waals surface area contributed by atoms with Crippen molar-refractivity contribution >= 4 is 11.9 Å². The Hall–Kier alpha value is -1.78. The van der Waals surface area contributed by atoms with Crippen LogP contribution in [0.1, 0.15) is 43.5 Å². The zero-order valence-electron chi connectivity index (χ0n) is 11.2. The van der Waals surface area contributed by atoms with E-state index in [2.05, 4.69) is 0 Å². The number of rotatable bonds is 4. The molecule has 0 saturated carbocycles. The lowest BCUT2D eigenvalue weighted by Gasteiger charge is -2.34. The Bertz CT molecular complexity index is 442. The number of carbonyl (C=O) groups excluding carboxylic acids is 1. The van der Waals surface area contributed by atoms with Crippen LogP contribution in [0.15, 0.2) is 16.5 Å². The van der Waals surface area contributed by atoms with Crippen LogP contribution < -0.4 is 0 Å². The number of nitrogens with zero attached hydrogens (tertiary/aromatic N) is 1. The van der Waals surface area contributed by atoms with Crippen molar-refractivity contribution in [1.82, 2.24) is 4.90 Å². The van der Waals surface area contributed by atoms with Gasteiger partial charge in [-0.2, -0.15) is 0 Å². The fourth-order valence-corrected chi connectivity index (χ4v) is 1.63. The highest BCUT2D eigenvalue weighted by Crippen LogP contribution is 2.19. The van der Waals surface area contributed by atoms with E-state index in [9.17, 15) is 9.59 Å². The van der Waals surface area contributed by atoms with Crippen molar-refractivity contribution in [2.24, 2.45) is 0 Å². The Morgan fingerprint density at radius 3 is 2.33 bits per heavy atom. The third-order valence-electron chi connectivity index (χ3n) is 2.56. The second kappa shape index (κ2) is 5.25. The zero-order chi connectivity index (χ0) is 13.9. The van der Waals surface area contributed by atoms with Crippen LogP contribution >= 0.6 is 0 Å². The van der Waals surface area contributed by atoms with E-state index >= 15 is 0 Å². The fraction of sp³-hybridized carbons (Fsp3) is 0.538. The number of carboxylic acids is 1. The number of carbonyl (C=O) groups is 2. The lowest BCUT2D eigenvalue weighted by molar-refractivity contribution is -0.137. The van der Waals surface area contributed by atoms with Gasteiger partial charge in [0.1, 0.15) is 5.76 Å². The van der Waals surface area contributed by atoms with Gasteiger partial charge in [-0.15, -0.1) is 0 Å². The van der Waals surface area contributed by atoms with Crippen molar-refractivity contribution in [1.29, 1.82) is 0 Å². The monoisotopic (exact) mass is 253 g/mol. The van der Waals surface area contributed by atoms with Gasteiger partial charge in [-0.05, 0) is 39.8 Å². The summed E-state index contributed by atoms with van der Waals surface area (Å²) in [6.45, 7) is 7.51. The molecule has 0 aliphatic carbocycles. The van der Waals surface area contributed by atoms with E-state index in [0.29, 0.717) is 5.76 Å². The highest BCUT2D eigenvalue weighted by atomic mass is 16.4.